The van der Waals surface area contributed by atoms with Crippen LogP contribution in [0.4, 0.5) is 5.69 Å². The first kappa shape index (κ1) is 18.7. The lowest BCUT2D eigenvalue weighted by molar-refractivity contribution is 0.218. The number of fused-ring (bicyclic) bond motifs is 1. The van der Waals surface area contributed by atoms with Crippen LogP contribution in [0.1, 0.15) is 5.56 Å². The number of aryl methyl sites for hydroxylation is 1. The van der Waals surface area contributed by atoms with Crippen LogP contribution >= 0.6 is 0 Å². The molecule has 0 unspecified atom stereocenters. The zero-order valence-corrected chi connectivity index (χ0v) is 16.5. The zero-order chi connectivity index (χ0) is 20.2. The minimum absolute atomic E-state index is 0.422. The first-order valence-corrected chi connectivity index (χ1v) is 9.38. The molecule has 148 valence electrons. The molecule has 0 saturated carbocycles. The summed E-state index contributed by atoms with van der Waals surface area (Å²) in [5, 5.41) is 0. The molecule has 4 aromatic rings. The van der Waals surface area contributed by atoms with Gasteiger partial charge in [0, 0.05) is 18.0 Å². The van der Waals surface area contributed by atoms with Crippen LogP contribution in [0.5, 0.6) is 17.2 Å². The number of pyridine rings is 1. The third-order valence-electron chi connectivity index (χ3n) is 4.60. The van der Waals surface area contributed by atoms with E-state index in [2.05, 4.69) is 0 Å². The van der Waals surface area contributed by atoms with E-state index in [0.29, 0.717) is 30.4 Å². The second-order valence-electron chi connectivity index (χ2n) is 6.70. The number of ether oxygens (including phenoxy) is 3. The van der Waals surface area contributed by atoms with Gasteiger partial charge in [-0.3, -0.25) is 0 Å². The summed E-state index contributed by atoms with van der Waals surface area (Å²) in [6.45, 7) is 2.92. The number of nitrogens with zero attached hydrogens (tertiary/aromatic N) is 2. The molecule has 0 fully saturated rings. The van der Waals surface area contributed by atoms with Gasteiger partial charge in [0.1, 0.15) is 24.7 Å². The topological polar surface area (TPSA) is 71.0 Å². The second kappa shape index (κ2) is 8.14. The second-order valence-corrected chi connectivity index (χ2v) is 6.70. The van der Waals surface area contributed by atoms with Crippen LogP contribution in [-0.2, 0) is 0 Å². The van der Waals surface area contributed by atoms with E-state index in [1.54, 1.807) is 7.11 Å². The largest absolute Gasteiger partial charge is 0.495 e. The minimum atomic E-state index is 0.422. The summed E-state index contributed by atoms with van der Waals surface area (Å²) in [5.41, 5.74) is 10.3. The van der Waals surface area contributed by atoms with Gasteiger partial charge in [-0.1, -0.05) is 17.7 Å². The van der Waals surface area contributed by atoms with E-state index < -0.39 is 0 Å². The Morgan fingerprint density at radius 2 is 1.76 bits per heavy atom. The highest BCUT2D eigenvalue weighted by Gasteiger charge is 2.10. The summed E-state index contributed by atoms with van der Waals surface area (Å²) in [6, 6.07) is 17.4. The Hall–Kier alpha value is -3.67. The minimum Gasteiger partial charge on any atom is -0.495 e. The Labute approximate surface area is 169 Å². The Morgan fingerprint density at radius 1 is 0.966 bits per heavy atom. The van der Waals surface area contributed by atoms with Crippen molar-refractivity contribution in [1.29, 1.82) is 0 Å². The lowest BCUT2D eigenvalue weighted by Crippen LogP contribution is -2.09. The quantitative estimate of drug-likeness (QED) is 0.376. The highest BCUT2D eigenvalue weighted by Crippen LogP contribution is 2.29. The normalized spacial score (nSPS) is 10.8. The van der Waals surface area contributed by atoms with Crippen molar-refractivity contribution in [1.82, 2.24) is 9.38 Å². The van der Waals surface area contributed by atoms with E-state index in [0.717, 1.165) is 22.7 Å². The molecule has 6 heteroatoms. The SMILES string of the molecule is COc1ccc(-c2cn3cccc(OCCOc4ccc(C)cc4)c3n2)cc1N. The molecule has 0 bridgehead atoms. The van der Waals surface area contributed by atoms with Gasteiger partial charge in [0.05, 0.1) is 18.5 Å². The first-order valence-electron chi connectivity index (χ1n) is 9.38. The van der Waals surface area contributed by atoms with Gasteiger partial charge in [-0.25, -0.2) is 4.98 Å². The maximum absolute atomic E-state index is 6.03. The lowest BCUT2D eigenvalue weighted by Gasteiger charge is -2.09. The molecule has 29 heavy (non-hydrogen) atoms. The fourth-order valence-corrected chi connectivity index (χ4v) is 3.08. The van der Waals surface area contributed by atoms with Gasteiger partial charge in [-0.2, -0.15) is 0 Å². The summed E-state index contributed by atoms with van der Waals surface area (Å²) < 4.78 is 18.8. The number of nitrogens with two attached hydrogens (primary N) is 1. The maximum Gasteiger partial charge on any atom is 0.180 e. The van der Waals surface area contributed by atoms with Crippen molar-refractivity contribution in [2.45, 2.75) is 6.92 Å². The van der Waals surface area contributed by atoms with E-state index >= 15 is 0 Å². The Balaban J connectivity index is 1.47. The number of nitrogen functional groups attached to an aromatic ring is 1. The summed E-state index contributed by atoms with van der Waals surface area (Å²) in [5.74, 6) is 2.18. The van der Waals surface area contributed by atoms with Gasteiger partial charge in [-0.15, -0.1) is 0 Å². The standard InChI is InChI=1S/C23H23N3O3/c1-16-5-8-18(9-6-16)28-12-13-29-22-4-3-11-26-15-20(25-23(22)26)17-7-10-21(27-2)19(24)14-17/h3-11,14-15H,12-13,24H2,1-2H3. The number of anilines is 1. The number of imidazole rings is 1. The van der Waals surface area contributed by atoms with Crippen molar-refractivity contribution in [3.05, 3.63) is 72.6 Å². The molecule has 2 heterocycles. The molecule has 0 atom stereocenters. The highest BCUT2D eigenvalue weighted by molar-refractivity contribution is 5.71. The van der Waals surface area contributed by atoms with E-state index in [4.69, 9.17) is 24.9 Å². The third kappa shape index (κ3) is 4.11. The van der Waals surface area contributed by atoms with Crippen LogP contribution in [0.15, 0.2) is 67.0 Å². The van der Waals surface area contributed by atoms with Crippen molar-refractivity contribution in [3.8, 4) is 28.5 Å². The summed E-state index contributed by atoms with van der Waals surface area (Å²) in [6.07, 6.45) is 3.89. The van der Waals surface area contributed by atoms with Crippen LogP contribution < -0.4 is 19.9 Å². The smallest absolute Gasteiger partial charge is 0.180 e. The molecule has 6 nitrogen and oxygen atoms in total. The van der Waals surface area contributed by atoms with Gasteiger partial charge in [0.25, 0.3) is 0 Å². The van der Waals surface area contributed by atoms with Crippen molar-refractivity contribution < 1.29 is 14.2 Å². The average Bonchev–Trinajstić information content (AvgIpc) is 3.17. The van der Waals surface area contributed by atoms with Crippen LogP contribution in [0.2, 0.25) is 0 Å². The molecule has 0 aliphatic carbocycles. The lowest BCUT2D eigenvalue weighted by atomic mass is 10.1. The fraction of sp³-hybridized carbons (Fsp3) is 0.174. The van der Waals surface area contributed by atoms with Crippen LogP contribution in [0.25, 0.3) is 16.9 Å². The Morgan fingerprint density at radius 3 is 2.52 bits per heavy atom. The molecule has 0 amide bonds. The maximum atomic E-state index is 6.03. The predicted molar refractivity (Wildman–Crippen MR) is 114 cm³/mol. The molecular formula is C23H23N3O3. The summed E-state index contributed by atoms with van der Waals surface area (Å²) in [4.78, 5) is 4.73. The monoisotopic (exact) mass is 389 g/mol. The summed E-state index contributed by atoms with van der Waals surface area (Å²) in [7, 11) is 1.60. The molecule has 2 N–H and O–H groups in total. The van der Waals surface area contributed by atoms with Gasteiger partial charge >= 0.3 is 0 Å². The number of hydrogen-bond acceptors (Lipinski definition) is 5. The van der Waals surface area contributed by atoms with Crippen molar-refractivity contribution in [2.75, 3.05) is 26.1 Å². The van der Waals surface area contributed by atoms with Crippen LogP contribution in [0.3, 0.4) is 0 Å². The number of methoxy groups -OCH3 is 1. The molecule has 4 rings (SSSR count). The van der Waals surface area contributed by atoms with Crippen LogP contribution in [-0.4, -0.2) is 29.7 Å². The van der Waals surface area contributed by atoms with E-state index in [9.17, 15) is 0 Å². The van der Waals surface area contributed by atoms with Gasteiger partial charge in [-0.05, 0) is 49.4 Å². The molecular weight excluding hydrogens is 366 g/mol. The van der Waals surface area contributed by atoms with Crippen molar-refractivity contribution in [3.63, 3.8) is 0 Å². The van der Waals surface area contributed by atoms with E-state index in [1.165, 1.54) is 5.56 Å². The molecule has 0 aliphatic heterocycles. The molecule has 2 aromatic carbocycles. The third-order valence-corrected chi connectivity index (χ3v) is 4.60. The fourth-order valence-electron chi connectivity index (χ4n) is 3.08. The molecule has 0 radical (unpaired) electrons. The van der Waals surface area contributed by atoms with E-state index in [-0.39, 0.29) is 0 Å². The van der Waals surface area contributed by atoms with Crippen molar-refractivity contribution >= 4 is 11.3 Å². The first-order chi connectivity index (χ1) is 14.1. The summed E-state index contributed by atoms with van der Waals surface area (Å²) >= 11 is 0. The van der Waals surface area contributed by atoms with Gasteiger partial charge < -0.3 is 24.3 Å². The number of rotatable bonds is 7. The molecule has 0 saturated heterocycles. The van der Waals surface area contributed by atoms with Crippen LogP contribution in [0, 0.1) is 6.92 Å². The number of benzene rings is 2. The number of aromatic nitrogens is 2. The molecule has 0 aliphatic rings. The van der Waals surface area contributed by atoms with Crippen molar-refractivity contribution in [2.24, 2.45) is 0 Å². The average molecular weight is 389 g/mol. The van der Waals surface area contributed by atoms with Gasteiger partial charge in [0.2, 0.25) is 0 Å². The zero-order valence-electron chi connectivity index (χ0n) is 16.5. The molecule has 0 spiro atoms. The number of hydrogen-bond donors (Lipinski definition) is 1. The van der Waals surface area contributed by atoms with Gasteiger partial charge in [0.15, 0.2) is 11.4 Å². The Kier molecular flexibility index (Phi) is 5.24. The Bertz CT molecular complexity index is 1120. The predicted octanol–water partition coefficient (Wildman–Crippen LogP) is 4.36. The highest BCUT2D eigenvalue weighted by atomic mass is 16.5. The van der Waals surface area contributed by atoms with E-state index in [1.807, 2.05) is 78.3 Å². The molecule has 2 aromatic heterocycles.